The standard InChI is InChI=1S/C21H19N3O3/c1-24(2)18-12-11-17(15-5-3-4-6-16(15)18)20-23-22-19(27-20)13-7-9-14(10-8-13)21(25)26/h3-12,15-16H,1-2H3,(H,25,26). The fourth-order valence-corrected chi connectivity index (χ4v) is 3.46. The summed E-state index contributed by atoms with van der Waals surface area (Å²) < 4.78 is 5.92. The predicted octanol–water partition coefficient (Wildman–Crippen LogP) is 3.64. The van der Waals surface area contributed by atoms with Crippen molar-refractivity contribution in [1.82, 2.24) is 15.1 Å². The molecular weight excluding hydrogens is 342 g/mol. The Kier molecular flexibility index (Phi) is 4.24. The highest BCUT2D eigenvalue weighted by molar-refractivity contribution is 5.88. The van der Waals surface area contributed by atoms with Crippen LogP contribution in [-0.4, -0.2) is 40.3 Å². The zero-order valence-electron chi connectivity index (χ0n) is 15.0. The molecule has 2 aromatic rings. The van der Waals surface area contributed by atoms with Crippen molar-refractivity contribution in [3.63, 3.8) is 0 Å². The molecule has 0 spiro atoms. The lowest BCUT2D eigenvalue weighted by Crippen LogP contribution is -2.27. The number of rotatable bonds is 4. The van der Waals surface area contributed by atoms with Crippen LogP contribution in [0, 0.1) is 11.8 Å². The molecule has 0 fully saturated rings. The lowest BCUT2D eigenvalue weighted by Gasteiger charge is -2.33. The Labute approximate surface area is 156 Å². The number of hydrogen-bond donors (Lipinski definition) is 1. The van der Waals surface area contributed by atoms with Crippen LogP contribution in [0.2, 0.25) is 0 Å². The third kappa shape index (κ3) is 3.10. The van der Waals surface area contributed by atoms with Gasteiger partial charge in [0.2, 0.25) is 11.8 Å². The van der Waals surface area contributed by atoms with E-state index in [4.69, 9.17) is 9.52 Å². The maximum absolute atomic E-state index is 11.0. The lowest BCUT2D eigenvalue weighted by atomic mass is 9.77. The number of carbonyl (C=O) groups is 1. The Hall–Kier alpha value is -3.41. The van der Waals surface area contributed by atoms with Crippen molar-refractivity contribution in [2.45, 2.75) is 0 Å². The quantitative estimate of drug-likeness (QED) is 0.896. The van der Waals surface area contributed by atoms with Gasteiger partial charge in [0, 0.05) is 42.8 Å². The first-order valence-electron chi connectivity index (χ1n) is 8.66. The molecule has 0 saturated carbocycles. The van der Waals surface area contributed by atoms with Crippen LogP contribution in [0.15, 0.2) is 70.8 Å². The van der Waals surface area contributed by atoms with E-state index < -0.39 is 5.97 Å². The van der Waals surface area contributed by atoms with E-state index in [1.807, 2.05) is 26.2 Å². The Morgan fingerprint density at radius 2 is 1.67 bits per heavy atom. The van der Waals surface area contributed by atoms with Gasteiger partial charge in [-0.1, -0.05) is 30.4 Å². The normalized spacial score (nSPS) is 20.7. The maximum atomic E-state index is 11.0. The molecular formula is C21H19N3O3. The van der Waals surface area contributed by atoms with Crippen molar-refractivity contribution in [3.8, 4) is 11.5 Å². The van der Waals surface area contributed by atoms with Gasteiger partial charge in [-0.15, -0.1) is 10.2 Å². The second-order valence-corrected chi connectivity index (χ2v) is 6.72. The van der Waals surface area contributed by atoms with Crippen molar-refractivity contribution in [2.75, 3.05) is 14.1 Å². The second-order valence-electron chi connectivity index (χ2n) is 6.72. The second kappa shape index (κ2) is 6.72. The highest BCUT2D eigenvalue weighted by Crippen LogP contribution is 2.41. The van der Waals surface area contributed by atoms with Crippen LogP contribution in [0.25, 0.3) is 17.0 Å². The summed E-state index contributed by atoms with van der Waals surface area (Å²) in [6.07, 6.45) is 12.6. The minimum absolute atomic E-state index is 0.139. The van der Waals surface area contributed by atoms with E-state index >= 15 is 0 Å². The molecule has 6 nitrogen and oxygen atoms in total. The van der Waals surface area contributed by atoms with Gasteiger partial charge in [0.05, 0.1) is 5.56 Å². The van der Waals surface area contributed by atoms with E-state index in [1.54, 1.807) is 12.1 Å². The molecule has 2 aliphatic rings. The van der Waals surface area contributed by atoms with E-state index in [0.29, 0.717) is 17.3 Å². The molecule has 2 atom stereocenters. The third-order valence-corrected chi connectivity index (χ3v) is 4.84. The van der Waals surface area contributed by atoms with Gasteiger partial charge in [-0.3, -0.25) is 0 Å². The first-order chi connectivity index (χ1) is 13.0. The third-order valence-electron chi connectivity index (χ3n) is 4.84. The van der Waals surface area contributed by atoms with Gasteiger partial charge in [0.1, 0.15) is 0 Å². The highest BCUT2D eigenvalue weighted by atomic mass is 16.4. The first kappa shape index (κ1) is 17.0. The SMILES string of the molecule is CN(C)C1=CC=C(c2nnc(-c3ccc(C(=O)O)cc3)o2)C2C=CC=CC12. The van der Waals surface area contributed by atoms with Crippen LogP contribution in [0.4, 0.5) is 0 Å². The van der Waals surface area contributed by atoms with Crippen molar-refractivity contribution in [3.05, 3.63) is 77.9 Å². The molecule has 27 heavy (non-hydrogen) atoms. The van der Waals surface area contributed by atoms with E-state index in [1.165, 1.54) is 17.8 Å². The average Bonchev–Trinajstić information content (AvgIpc) is 3.17. The number of fused-ring (bicyclic) bond motifs is 1. The van der Waals surface area contributed by atoms with Crippen LogP contribution in [-0.2, 0) is 0 Å². The van der Waals surface area contributed by atoms with Gasteiger partial charge >= 0.3 is 5.97 Å². The summed E-state index contributed by atoms with van der Waals surface area (Å²) in [5, 5.41) is 17.4. The summed E-state index contributed by atoms with van der Waals surface area (Å²) in [7, 11) is 4.08. The van der Waals surface area contributed by atoms with Crippen LogP contribution in [0.5, 0.6) is 0 Å². The molecule has 1 aromatic heterocycles. The monoisotopic (exact) mass is 361 g/mol. The fourth-order valence-electron chi connectivity index (χ4n) is 3.46. The average molecular weight is 361 g/mol. The molecule has 6 heteroatoms. The summed E-state index contributed by atoms with van der Waals surface area (Å²) in [6, 6.07) is 6.40. The summed E-state index contributed by atoms with van der Waals surface area (Å²) >= 11 is 0. The Balaban J connectivity index is 1.67. The Bertz CT molecular complexity index is 994. The number of carboxylic acids is 1. The molecule has 2 aliphatic carbocycles. The minimum Gasteiger partial charge on any atom is -0.478 e. The van der Waals surface area contributed by atoms with Gasteiger partial charge in [0.15, 0.2) is 0 Å². The molecule has 2 unspecified atom stereocenters. The van der Waals surface area contributed by atoms with Crippen molar-refractivity contribution >= 4 is 11.5 Å². The van der Waals surface area contributed by atoms with Crippen LogP contribution in [0.1, 0.15) is 16.2 Å². The molecule has 1 N–H and O–H groups in total. The smallest absolute Gasteiger partial charge is 0.335 e. The van der Waals surface area contributed by atoms with Gasteiger partial charge in [-0.05, 0) is 30.3 Å². The van der Waals surface area contributed by atoms with Gasteiger partial charge < -0.3 is 14.4 Å². The van der Waals surface area contributed by atoms with E-state index in [0.717, 1.165) is 5.57 Å². The fraction of sp³-hybridized carbons (Fsp3) is 0.190. The molecule has 0 radical (unpaired) electrons. The largest absolute Gasteiger partial charge is 0.478 e. The van der Waals surface area contributed by atoms with Crippen LogP contribution in [0.3, 0.4) is 0 Å². The number of allylic oxidation sites excluding steroid dienone is 7. The predicted molar refractivity (Wildman–Crippen MR) is 102 cm³/mol. The molecule has 136 valence electrons. The molecule has 0 bridgehead atoms. The highest BCUT2D eigenvalue weighted by Gasteiger charge is 2.32. The molecule has 0 saturated heterocycles. The summed E-state index contributed by atoms with van der Waals surface area (Å²) in [5.41, 5.74) is 3.12. The van der Waals surface area contributed by atoms with Gasteiger partial charge in [-0.2, -0.15) is 0 Å². The topological polar surface area (TPSA) is 79.5 Å². The molecule has 1 aromatic carbocycles. The number of nitrogens with zero attached hydrogens (tertiary/aromatic N) is 3. The number of benzene rings is 1. The Morgan fingerprint density at radius 3 is 2.33 bits per heavy atom. The molecule has 0 aliphatic heterocycles. The van der Waals surface area contributed by atoms with Gasteiger partial charge in [0.25, 0.3) is 0 Å². The molecule has 1 heterocycles. The van der Waals surface area contributed by atoms with Crippen LogP contribution >= 0.6 is 0 Å². The molecule has 4 rings (SSSR count). The van der Waals surface area contributed by atoms with Crippen molar-refractivity contribution in [1.29, 1.82) is 0 Å². The zero-order chi connectivity index (χ0) is 19.0. The van der Waals surface area contributed by atoms with E-state index in [9.17, 15) is 4.79 Å². The number of hydrogen-bond acceptors (Lipinski definition) is 5. The summed E-state index contributed by atoms with van der Waals surface area (Å²) in [4.78, 5) is 13.1. The van der Waals surface area contributed by atoms with Gasteiger partial charge in [-0.25, -0.2) is 4.79 Å². The molecule has 0 amide bonds. The summed E-state index contributed by atoms with van der Waals surface area (Å²) in [6.45, 7) is 0. The summed E-state index contributed by atoms with van der Waals surface area (Å²) in [5.74, 6) is 0.260. The Morgan fingerprint density at radius 1 is 1.00 bits per heavy atom. The number of carboxylic acid groups (broad SMARTS) is 1. The van der Waals surface area contributed by atoms with Crippen LogP contribution < -0.4 is 0 Å². The first-order valence-corrected chi connectivity index (χ1v) is 8.66. The number of aromatic nitrogens is 2. The lowest BCUT2D eigenvalue weighted by molar-refractivity contribution is 0.0697. The van der Waals surface area contributed by atoms with Crippen molar-refractivity contribution < 1.29 is 14.3 Å². The van der Waals surface area contributed by atoms with E-state index in [2.05, 4.69) is 39.4 Å². The number of aromatic carboxylic acids is 1. The maximum Gasteiger partial charge on any atom is 0.335 e. The van der Waals surface area contributed by atoms with E-state index in [-0.39, 0.29) is 17.4 Å². The van der Waals surface area contributed by atoms with Crippen molar-refractivity contribution in [2.24, 2.45) is 11.8 Å². The zero-order valence-corrected chi connectivity index (χ0v) is 15.0. The minimum atomic E-state index is -0.966.